The third-order valence-corrected chi connectivity index (χ3v) is 5.47. The second-order valence-electron chi connectivity index (χ2n) is 5.39. The van der Waals surface area contributed by atoms with E-state index in [0.717, 1.165) is 26.9 Å². The second-order valence-corrected chi connectivity index (χ2v) is 7.16. The zero-order chi connectivity index (χ0) is 16.2. The zero-order valence-electron chi connectivity index (χ0n) is 11.8. The van der Waals surface area contributed by atoms with Crippen molar-refractivity contribution in [2.24, 2.45) is 0 Å². The predicted octanol–water partition coefficient (Wildman–Crippen LogP) is 4.40. The molecule has 0 aromatic heterocycles. The van der Waals surface area contributed by atoms with Gasteiger partial charge in [0, 0.05) is 5.39 Å². The zero-order valence-corrected chi connectivity index (χ0v) is 13.4. The van der Waals surface area contributed by atoms with Gasteiger partial charge in [0.05, 0.1) is 5.02 Å². The Kier molecular flexibility index (Phi) is 4.37. The van der Waals surface area contributed by atoms with Gasteiger partial charge in [-0.15, -0.1) is 0 Å². The Hall–Kier alpha value is -1.54. The first-order chi connectivity index (χ1) is 11.0. The summed E-state index contributed by atoms with van der Waals surface area (Å²) in [6.07, 6.45) is 0. The van der Waals surface area contributed by atoms with Crippen LogP contribution < -0.4 is 0 Å². The van der Waals surface area contributed by atoms with E-state index in [2.05, 4.69) is 0 Å². The first-order valence-corrected chi connectivity index (χ1v) is 8.79. The van der Waals surface area contributed by atoms with Crippen molar-refractivity contribution >= 4 is 72.9 Å². The van der Waals surface area contributed by atoms with E-state index in [0.29, 0.717) is 5.39 Å². The Morgan fingerprint density at radius 2 is 1.25 bits per heavy atom. The van der Waals surface area contributed by atoms with Crippen molar-refractivity contribution in [2.45, 2.75) is 4.90 Å². The molecule has 0 radical (unpaired) electrons. The van der Waals surface area contributed by atoms with Gasteiger partial charge in [0.15, 0.2) is 0 Å². The minimum absolute atomic E-state index is 0. The van der Waals surface area contributed by atoms with E-state index >= 15 is 0 Å². The minimum atomic E-state index is -4.40. The van der Waals surface area contributed by atoms with Crippen molar-refractivity contribution in [3.8, 4) is 0 Å². The normalized spacial score (nSPS) is 11.8. The van der Waals surface area contributed by atoms with Crippen LogP contribution in [-0.4, -0.2) is 31.8 Å². The Morgan fingerprint density at radius 3 is 2.00 bits per heavy atom. The molecule has 0 heterocycles. The van der Waals surface area contributed by atoms with Gasteiger partial charge < -0.3 is 0 Å². The van der Waals surface area contributed by atoms with Crippen LogP contribution in [0.2, 0.25) is 5.02 Å². The molecule has 4 aromatic rings. The summed E-state index contributed by atoms with van der Waals surface area (Å²) in [7, 11) is -4.40. The summed E-state index contributed by atoms with van der Waals surface area (Å²) in [5, 5.41) is 5.33. The van der Waals surface area contributed by atoms with E-state index in [4.69, 9.17) is 11.6 Å². The molecular formula is C18H12ClLiO3S. The van der Waals surface area contributed by atoms with Gasteiger partial charge in [0.2, 0.25) is 0 Å². The third kappa shape index (κ3) is 2.61. The first-order valence-electron chi connectivity index (χ1n) is 6.97. The maximum absolute atomic E-state index is 11.7. The van der Waals surface area contributed by atoms with E-state index in [1.807, 2.05) is 42.5 Å². The van der Waals surface area contributed by atoms with Crippen molar-refractivity contribution in [1.82, 2.24) is 0 Å². The first kappa shape index (κ1) is 17.3. The van der Waals surface area contributed by atoms with Gasteiger partial charge in [0.25, 0.3) is 10.1 Å². The summed E-state index contributed by atoms with van der Waals surface area (Å²) in [6.45, 7) is 0. The van der Waals surface area contributed by atoms with E-state index in [9.17, 15) is 13.0 Å². The molecule has 0 saturated heterocycles. The average molecular weight is 351 g/mol. The van der Waals surface area contributed by atoms with Crippen LogP contribution in [0.1, 0.15) is 0 Å². The summed E-state index contributed by atoms with van der Waals surface area (Å²) in [4.78, 5) is -0.244. The number of benzene rings is 4. The van der Waals surface area contributed by atoms with Gasteiger partial charge in [-0.25, -0.2) is 0 Å². The van der Waals surface area contributed by atoms with E-state index in [-0.39, 0.29) is 28.8 Å². The fourth-order valence-electron chi connectivity index (χ4n) is 3.11. The van der Waals surface area contributed by atoms with Gasteiger partial charge in [-0.05, 0) is 33.0 Å². The van der Waals surface area contributed by atoms with E-state index < -0.39 is 10.1 Å². The molecule has 0 amide bonds. The van der Waals surface area contributed by atoms with Crippen LogP contribution in [-0.2, 0) is 10.1 Å². The summed E-state index contributed by atoms with van der Waals surface area (Å²) >= 11 is 5.99. The Balaban J connectivity index is 0.00000169. The van der Waals surface area contributed by atoms with Crippen LogP contribution in [0.25, 0.3) is 32.3 Å². The maximum atomic E-state index is 11.7. The quantitative estimate of drug-likeness (QED) is 0.314. The molecule has 0 unspecified atom stereocenters. The molecule has 6 heteroatoms. The Morgan fingerprint density at radius 1 is 0.708 bits per heavy atom. The van der Waals surface area contributed by atoms with Gasteiger partial charge in [-0.2, -0.15) is 8.42 Å². The molecule has 0 fully saturated rings. The van der Waals surface area contributed by atoms with Crippen LogP contribution in [0.5, 0.6) is 0 Å². The Labute approximate surface area is 156 Å². The molecule has 0 saturated carbocycles. The molecule has 3 nitrogen and oxygen atoms in total. The summed E-state index contributed by atoms with van der Waals surface area (Å²) < 4.78 is 32.9. The standard InChI is InChI=1S/C18H11ClO3S.Li.H/c19-17-10-9-15-14-6-5-11-3-1-2-4-12(11)13(14)7-8-16(15)18(17)23(20,21)22;;/h1-10H,(H,20,21,22);;. The van der Waals surface area contributed by atoms with Gasteiger partial charge >= 0.3 is 18.9 Å². The second kappa shape index (κ2) is 6.07. The Bertz CT molecular complexity index is 1200. The summed E-state index contributed by atoms with van der Waals surface area (Å²) in [6, 6.07) is 18.8. The number of rotatable bonds is 1. The van der Waals surface area contributed by atoms with E-state index in [1.165, 1.54) is 6.07 Å². The van der Waals surface area contributed by atoms with Crippen molar-refractivity contribution in [3.05, 3.63) is 65.7 Å². The SMILES string of the molecule is O=S(=O)(O)c1c(Cl)ccc2c1ccc1c3ccccc3ccc21.[LiH]. The molecule has 116 valence electrons. The average Bonchev–Trinajstić information content (AvgIpc) is 2.52. The molecule has 0 bridgehead atoms. The fourth-order valence-corrected chi connectivity index (χ4v) is 4.34. The molecule has 0 aliphatic rings. The molecular weight excluding hydrogens is 339 g/mol. The number of halogens is 1. The van der Waals surface area contributed by atoms with Crippen LogP contribution in [0.15, 0.2) is 65.6 Å². The molecule has 24 heavy (non-hydrogen) atoms. The van der Waals surface area contributed by atoms with Crippen molar-refractivity contribution in [2.75, 3.05) is 0 Å². The van der Waals surface area contributed by atoms with Crippen LogP contribution in [0.4, 0.5) is 0 Å². The van der Waals surface area contributed by atoms with Crippen LogP contribution in [0.3, 0.4) is 0 Å². The van der Waals surface area contributed by atoms with Crippen LogP contribution in [0, 0.1) is 0 Å². The number of hydrogen-bond acceptors (Lipinski definition) is 2. The van der Waals surface area contributed by atoms with E-state index in [1.54, 1.807) is 12.1 Å². The van der Waals surface area contributed by atoms with Gasteiger partial charge in [-0.1, -0.05) is 66.2 Å². The molecule has 4 aromatic carbocycles. The topological polar surface area (TPSA) is 54.4 Å². The molecule has 4 rings (SSSR count). The monoisotopic (exact) mass is 350 g/mol. The summed E-state index contributed by atoms with van der Waals surface area (Å²) in [5.74, 6) is 0. The predicted molar refractivity (Wildman–Crippen MR) is 101 cm³/mol. The molecule has 0 aliphatic heterocycles. The van der Waals surface area contributed by atoms with Crippen molar-refractivity contribution in [3.63, 3.8) is 0 Å². The van der Waals surface area contributed by atoms with Crippen molar-refractivity contribution in [1.29, 1.82) is 0 Å². The summed E-state index contributed by atoms with van der Waals surface area (Å²) in [5.41, 5.74) is 0. The number of fused-ring (bicyclic) bond motifs is 5. The molecule has 0 aliphatic carbocycles. The van der Waals surface area contributed by atoms with Crippen molar-refractivity contribution < 1.29 is 13.0 Å². The van der Waals surface area contributed by atoms with Crippen LogP contribution >= 0.6 is 11.6 Å². The molecule has 0 spiro atoms. The van der Waals surface area contributed by atoms with Gasteiger partial charge in [-0.3, -0.25) is 4.55 Å². The van der Waals surface area contributed by atoms with Gasteiger partial charge in [0.1, 0.15) is 4.90 Å². The number of hydrogen-bond donors (Lipinski definition) is 1. The molecule has 1 N–H and O–H groups in total. The molecule has 0 atom stereocenters. The fraction of sp³-hybridized carbons (Fsp3) is 0. The third-order valence-electron chi connectivity index (χ3n) is 4.08.